The summed E-state index contributed by atoms with van der Waals surface area (Å²) in [4.78, 5) is 18.2. The molecule has 0 unspecified atom stereocenters. The normalized spacial score (nSPS) is 18.4. The summed E-state index contributed by atoms with van der Waals surface area (Å²) in [5.41, 5.74) is 1.11. The van der Waals surface area contributed by atoms with Crippen molar-refractivity contribution in [3.63, 3.8) is 0 Å². The van der Waals surface area contributed by atoms with Crippen LogP contribution >= 0.6 is 15.9 Å². The van der Waals surface area contributed by atoms with E-state index in [9.17, 15) is 18.5 Å². The van der Waals surface area contributed by atoms with Gasteiger partial charge in [0.15, 0.2) is 0 Å². The van der Waals surface area contributed by atoms with Crippen molar-refractivity contribution >= 4 is 43.1 Å². The predicted molar refractivity (Wildman–Crippen MR) is 150 cm³/mol. The van der Waals surface area contributed by atoms with Crippen molar-refractivity contribution in [3.8, 4) is 11.8 Å². The lowest BCUT2D eigenvalue weighted by Crippen LogP contribution is -2.39. The van der Waals surface area contributed by atoms with Crippen molar-refractivity contribution in [1.82, 2.24) is 4.31 Å². The zero-order valence-electron chi connectivity index (χ0n) is 20.7. The third kappa shape index (κ3) is 5.19. The molecule has 1 saturated heterocycles. The van der Waals surface area contributed by atoms with Crippen LogP contribution in [0.2, 0.25) is 0 Å². The Balaban J connectivity index is 1.49. The minimum Gasteiger partial charge on any atom is -0.492 e. The number of nitrogens with zero attached hydrogens (tertiary/aromatic N) is 4. The number of hydrogen-bond donors (Lipinski definition) is 0. The molecular formula is C29H23BrN4O4S. The number of para-hydroxylation sites is 1. The van der Waals surface area contributed by atoms with Gasteiger partial charge in [-0.3, -0.25) is 4.79 Å². The number of anilines is 1. The monoisotopic (exact) mass is 602 g/mol. The van der Waals surface area contributed by atoms with Gasteiger partial charge in [-0.1, -0.05) is 46.3 Å². The molecule has 1 atom stereocenters. The lowest BCUT2D eigenvalue weighted by atomic mass is 10.1. The summed E-state index contributed by atoms with van der Waals surface area (Å²) in [5, 5.41) is 9.59. The average molecular weight is 603 g/mol. The Morgan fingerprint density at radius 2 is 1.87 bits per heavy atom. The molecule has 1 fully saturated rings. The number of amides is 1. The third-order valence-electron chi connectivity index (χ3n) is 6.81. The van der Waals surface area contributed by atoms with Crippen LogP contribution in [0.3, 0.4) is 0 Å². The lowest BCUT2D eigenvalue weighted by molar-refractivity contribution is -0.113. The van der Waals surface area contributed by atoms with Crippen LogP contribution in [0.1, 0.15) is 24.0 Å². The molecular weight excluding hydrogens is 580 g/mol. The highest BCUT2D eigenvalue weighted by molar-refractivity contribution is 9.10. The topological polar surface area (TPSA) is 95.1 Å². The molecule has 3 aromatic rings. The Hall–Kier alpha value is -3.96. The van der Waals surface area contributed by atoms with Gasteiger partial charge >= 0.3 is 0 Å². The van der Waals surface area contributed by atoms with Crippen LogP contribution in [0.5, 0.6) is 5.75 Å². The molecule has 8 nitrogen and oxygen atoms in total. The Kier molecular flexibility index (Phi) is 7.53. The molecule has 0 aromatic heterocycles. The molecule has 39 heavy (non-hydrogen) atoms. The third-order valence-corrected chi connectivity index (χ3v) is 9.29. The highest BCUT2D eigenvalue weighted by atomic mass is 79.9. The highest BCUT2D eigenvalue weighted by Gasteiger charge is 2.39. The van der Waals surface area contributed by atoms with Crippen LogP contribution in [0.25, 0.3) is 10.4 Å². The van der Waals surface area contributed by atoms with Crippen molar-refractivity contribution in [2.75, 3.05) is 18.1 Å². The number of carbonyl (C=O) groups is 1. The average Bonchev–Trinajstić information content (AvgIpc) is 3.53. The molecule has 10 heteroatoms. The second-order valence-corrected chi connectivity index (χ2v) is 12.0. The first-order valence-electron chi connectivity index (χ1n) is 12.3. The zero-order chi connectivity index (χ0) is 27.6. The molecule has 2 aliphatic rings. The van der Waals surface area contributed by atoms with Gasteiger partial charge < -0.3 is 9.64 Å². The van der Waals surface area contributed by atoms with Crippen molar-refractivity contribution < 1.29 is 17.9 Å². The number of allylic oxidation sites excluding steroid dienone is 1. The van der Waals surface area contributed by atoms with E-state index in [-0.39, 0.29) is 40.9 Å². The fourth-order valence-electron chi connectivity index (χ4n) is 4.90. The molecule has 0 radical (unpaired) electrons. The number of carbonyl (C=O) groups excluding carboxylic acids is 1. The van der Waals surface area contributed by atoms with E-state index in [1.165, 1.54) is 21.3 Å². The molecule has 0 aliphatic carbocycles. The zero-order valence-corrected chi connectivity index (χ0v) is 23.2. The van der Waals surface area contributed by atoms with Gasteiger partial charge in [0, 0.05) is 16.6 Å². The Bertz CT molecular complexity index is 1630. The predicted octanol–water partition coefficient (Wildman–Crippen LogP) is 5.38. The van der Waals surface area contributed by atoms with E-state index in [4.69, 9.17) is 11.3 Å². The summed E-state index contributed by atoms with van der Waals surface area (Å²) >= 11 is 3.40. The number of hydrogen-bond acceptors (Lipinski definition) is 5. The number of nitriles is 1. The molecule has 0 N–H and O–H groups in total. The summed E-state index contributed by atoms with van der Waals surface area (Å²) in [7, 11) is -3.94. The number of rotatable bonds is 7. The van der Waals surface area contributed by atoms with Crippen LogP contribution in [0, 0.1) is 17.9 Å². The SMILES string of the molecule is [C-]#[N+]/C(C#N)=C1/C(=O)N(Cc2ccc(Br)cc2)c2ccc(S(=O)(=O)N3CCC[C@H]3COc3ccccc3)cc21. The van der Waals surface area contributed by atoms with Crippen LogP contribution in [-0.4, -0.2) is 37.8 Å². The van der Waals surface area contributed by atoms with E-state index in [0.29, 0.717) is 30.8 Å². The smallest absolute Gasteiger partial charge is 0.275 e. The van der Waals surface area contributed by atoms with E-state index in [2.05, 4.69) is 20.8 Å². The summed E-state index contributed by atoms with van der Waals surface area (Å²) < 4.78 is 35.8. The fraction of sp³-hybridized carbons (Fsp3) is 0.207. The second-order valence-electron chi connectivity index (χ2n) is 9.18. The second kappa shape index (κ2) is 11.0. The fourth-order valence-corrected chi connectivity index (χ4v) is 6.87. The first-order valence-corrected chi connectivity index (χ1v) is 14.5. The number of fused-ring (bicyclic) bond motifs is 1. The van der Waals surface area contributed by atoms with Gasteiger partial charge in [-0.15, -0.1) is 0 Å². The summed E-state index contributed by atoms with van der Waals surface area (Å²) in [6.45, 7) is 8.23. The summed E-state index contributed by atoms with van der Waals surface area (Å²) in [6, 6.07) is 22.6. The molecule has 0 saturated carbocycles. The molecule has 5 rings (SSSR count). The number of ether oxygens (including phenoxy) is 1. The van der Waals surface area contributed by atoms with Gasteiger partial charge in [0.1, 0.15) is 12.4 Å². The maximum Gasteiger partial charge on any atom is 0.275 e. The number of halogens is 1. The largest absolute Gasteiger partial charge is 0.492 e. The molecule has 2 heterocycles. The maximum atomic E-state index is 13.8. The van der Waals surface area contributed by atoms with Gasteiger partial charge in [-0.2, -0.15) is 4.31 Å². The molecule has 196 valence electrons. The van der Waals surface area contributed by atoms with Crippen molar-refractivity contribution in [2.45, 2.75) is 30.3 Å². The standard InChI is InChI=1S/C29H23BrN4O4S/c1-32-26(17-31)28-25-16-24(13-14-27(25)33(29(28)35)18-20-9-11-21(30)12-10-20)39(36,37)34-15-5-6-22(34)19-38-23-7-3-2-4-8-23/h2-4,7-14,16,22H,5-6,15,18-19H2/b28-26+/t22-/m0/s1. The molecule has 3 aromatic carbocycles. The van der Waals surface area contributed by atoms with Crippen molar-refractivity contribution in [3.05, 3.63) is 106 Å². The van der Waals surface area contributed by atoms with Gasteiger partial charge in [0.2, 0.25) is 15.9 Å². The molecule has 2 aliphatic heterocycles. The lowest BCUT2D eigenvalue weighted by Gasteiger charge is -2.24. The van der Waals surface area contributed by atoms with Gasteiger partial charge in [-0.05, 0) is 60.9 Å². The van der Waals surface area contributed by atoms with Crippen LogP contribution in [0.15, 0.2) is 87.9 Å². The summed E-state index contributed by atoms with van der Waals surface area (Å²) in [6.07, 6.45) is 1.37. The number of sulfonamides is 1. The maximum absolute atomic E-state index is 13.8. The molecule has 0 spiro atoms. The quantitative estimate of drug-likeness (QED) is 0.205. The minimum atomic E-state index is -3.94. The minimum absolute atomic E-state index is 0.00548. The molecule has 0 bridgehead atoms. The van der Waals surface area contributed by atoms with E-state index in [0.717, 1.165) is 10.0 Å². The first-order chi connectivity index (χ1) is 18.8. The van der Waals surface area contributed by atoms with Gasteiger partial charge in [-0.25, -0.2) is 18.5 Å². The molecule has 1 amide bonds. The summed E-state index contributed by atoms with van der Waals surface area (Å²) in [5.74, 6) is 0.159. The van der Waals surface area contributed by atoms with E-state index in [1.807, 2.05) is 54.6 Å². The van der Waals surface area contributed by atoms with Crippen LogP contribution < -0.4 is 9.64 Å². The van der Waals surface area contributed by atoms with Crippen molar-refractivity contribution in [1.29, 1.82) is 5.26 Å². The van der Waals surface area contributed by atoms with E-state index < -0.39 is 15.9 Å². The highest BCUT2D eigenvalue weighted by Crippen LogP contribution is 2.41. The van der Waals surface area contributed by atoms with Crippen LogP contribution in [0.4, 0.5) is 5.69 Å². The van der Waals surface area contributed by atoms with Gasteiger partial charge in [0.25, 0.3) is 5.70 Å². The van der Waals surface area contributed by atoms with Gasteiger partial charge in [0.05, 0.1) is 41.4 Å². The Morgan fingerprint density at radius 1 is 1.13 bits per heavy atom. The van der Waals surface area contributed by atoms with Crippen LogP contribution in [-0.2, 0) is 21.4 Å². The first kappa shape index (κ1) is 26.6. The Morgan fingerprint density at radius 3 is 2.56 bits per heavy atom. The van der Waals surface area contributed by atoms with Crippen molar-refractivity contribution in [2.24, 2.45) is 0 Å². The van der Waals surface area contributed by atoms with E-state index >= 15 is 0 Å². The Labute approximate surface area is 235 Å². The van der Waals surface area contributed by atoms with E-state index in [1.54, 1.807) is 12.1 Å². The number of benzene rings is 3.